The highest BCUT2D eigenvalue weighted by Crippen LogP contribution is 2.33. The van der Waals surface area contributed by atoms with E-state index < -0.39 is 0 Å². The minimum Gasteiger partial charge on any atom is -0.376 e. The number of nitrogens with one attached hydrogen (secondary N) is 1. The molecule has 0 spiro atoms. The van der Waals surface area contributed by atoms with E-state index in [1.807, 2.05) is 4.68 Å². The molecule has 2 rings (SSSR count). The first-order chi connectivity index (χ1) is 8.95. The molecule has 6 heteroatoms. The van der Waals surface area contributed by atoms with Crippen molar-refractivity contribution in [2.45, 2.75) is 58.7 Å². The van der Waals surface area contributed by atoms with Crippen molar-refractivity contribution in [3.63, 3.8) is 0 Å². The molecule has 2 heterocycles. The van der Waals surface area contributed by atoms with Crippen molar-refractivity contribution in [2.24, 2.45) is 5.92 Å². The standard InChI is InChI=1S/C13H25N5O/c1-9(2)8-14-10(3)12-15-16-17-18(12)13(5)6-7-19-11(13)4/h9-11,14H,6-8H2,1-5H3. The maximum Gasteiger partial charge on any atom is 0.168 e. The molecule has 1 aromatic heterocycles. The molecule has 0 bridgehead atoms. The van der Waals surface area contributed by atoms with E-state index >= 15 is 0 Å². The molecule has 0 aromatic carbocycles. The molecule has 6 nitrogen and oxygen atoms in total. The third-order valence-corrected chi connectivity index (χ3v) is 4.05. The average molecular weight is 267 g/mol. The van der Waals surface area contributed by atoms with Crippen molar-refractivity contribution in [3.8, 4) is 0 Å². The predicted octanol–water partition coefficient (Wildman–Crippen LogP) is 1.50. The Morgan fingerprint density at radius 1 is 1.47 bits per heavy atom. The van der Waals surface area contributed by atoms with Gasteiger partial charge in [-0.25, -0.2) is 4.68 Å². The lowest BCUT2D eigenvalue weighted by molar-refractivity contribution is 0.0677. The van der Waals surface area contributed by atoms with Gasteiger partial charge in [0.15, 0.2) is 5.82 Å². The second-order valence-corrected chi connectivity index (χ2v) is 6.09. The molecule has 0 amide bonds. The van der Waals surface area contributed by atoms with Crippen LogP contribution in [0.25, 0.3) is 0 Å². The zero-order valence-electron chi connectivity index (χ0n) is 12.6. The predicted molar refractivity (Wildman–Crippen MR) is 72.8 cm³/mol. The fourth-order valence-corrected chi connectivity index (χ4v) is 2.43. The third-order valence-electron chi connectivity index (χ3n) is 4.05. The van der Waals surface area contributed by atoms with Gasteiger partial charge in [-0.2, -0.15) is 0 Å². The minimum atomic E-state index is -0.146. The molecule has 19 heavy (non-hydrogen) atoms. The second-order valence-electron chi connectivity index (χ2n) is 6.09. The largest absolute Gasteiger partial charge is 0.376 e. The Hall–Kier alpha value is -1.01. The summed E-state index contributed by atoms with van der Waals surface area (Å²) in [7, 11) is 0. The SMILES string of the molecule is CC(C)CNC(C)c1nnnn1C1(C)CCOC1C. The van der Waals surface area contributed by atoms with Crippen molar-refractivity contribution < 1.29 is 4.74 Å². The van der Waals surface area contributed by atoms with E-state index in [-0.39, 0.29) is 17.7 Å². The van der Waals surface area contributed by atoms with Crippen LogP contribution in [0.3, 0.4) is 0 Å². The molecule has 1 saturated heterocycles. The summed E-state index contributed by atoms with van der Waals surface area (Å²) in [6.07, 6.45) is 1.08. The van der Waals surface area contributed by atoms with Crippen LogP contribution in [0.2, 0.25) is 0 Å². The number of rotatable bonds is 5. The highest BCUT2D eigenvalue weighted by Gasteiger charge is 2.42. The van der Waals surface area contributed by atoms with Crippen molar-refractivity contribution in [3.05, 3.63) is 5.82 Å². The van der Waals surface area contributed by atoms with Gasteiger partial charge in [0.1, 0.15) is 0 Å². The maximum atomic E-state index is 5.69. The van der Waals surface area contributed by atoms with E-state index in [1.54, 1.807) is 0 Å². The molecule has 1 N–H and O–H groups in total. The summed E-state index contributed by atoms with van der Waals surface area (Å²) in [5.41, 5.74) is -0.146. The third kappa shape index (κ3) is 2.79. The smallest absolute Gasteiger partial charge is 0.168 e. The molecule has 1 aromatic rings. The van der Waals surface area contributed by atoms with Crippen molar-refractivity contribution in [1.29, 1.82) is 0 Å². The highest BCUT2D eigenvalue weighted by molar-refractivity contribution is 5.00. The Kier molecular flexibility index (Phi) is 4.20. The van der Waals surface area contributed by atoms with E-state index in [0.29, 0.717) is 5.92 Å². The Morgan fingerprint density at radius 3 is 2.79 bits per heavy atom. The Labute approximate surface area is 114 Å². The van der Waals surface area contributed by atoms with E-state index in [0.717, 1.165) is 25.4 Å². The Morgan fingerprint density at radius 2 is 2.21 bits per heavy atom. The van der Waals surface area contributed by atoms with Crippen LogP contribution < -0.4 is 5.32 Å². The molecular weight excluding hydrogens is 242 g/mol. The van der Waals surface area contributed by atoms with Crippen LogP contribution in [-0.4, -0.2) is 39.5 Å². The molecule has 108 valence electrons. The van der Waals surface area contributed by atoms with Gasteiger partial charge in [-0.05, 0) is 50.1 Å². The summed E-state index contributed by atoms with van der Waals surface area (Å²) in [5.74, 6) is 1.50. The van der Waals surface area contributed by atoms with E-state index in [2.05, 4.69) is 55.5 Å². The lowest BCUT2D eigenvalue weighted by Crippen LogP contribution is -2.40. The van der Waals surface area contributed by atoms with Crippen molar-refractivity contribution in [1.82, 2.24) is 25.5 Å². The zero-order valence-corrected chi connectivity index (χ0v) is 12.6. The van der Waals surface area contributed by atoms with Crippen LogP contribution in [0.5, 0.6) is 0 Å². The number of ether oxygens (including phenoxy) is 1. The van der Waals surface area contributed by atoms with Gasteiger partial charge in [-0.3, -0.25) is 0 Å². The first kappa shape index (κ1) is 14.4. The number of hydrogen-bond acceptors (Lipinski definition) is 5. The molecule has 3 atom stereocenters. The monoisotopic (exact) mass is 267 g/mol. The second kappa shape index (κ2) is 5.54. The fourth-order valence-electron chi connectivity index (χ4n) is 2.43. The van der Waals surface area contributed by atoms with Gasteiger partial charge in [0.2, 0.25) is 0 Å². The van der Waals surface area contributed by atoms with E-state index in [4.69, 9.17) is 4.74 Å². The summed E-state index contributed by atoms with van der Waals surface area (Å²) in [4.78, 5) is 0. The van der Waals surface area contributed by atoms with Gasteiger partial charge in [0, 0.05) is 6.61 Å². The van der Waals surface area contributed by atoms with Gasteiger partial charge in [0.25, 0.3) is 0 Å². The molecule has 0 aliphatic carbocycles. The summed E-state index contributed by atoms with van der Waals surface area (Å²) in [5, 5.41) is 15.7. The fraction of sp³-hybridized carbons (Fsp3) is 0.923. The Balaban J connectivity index is 2.17. The summed E-state index contributed by atoms with van der Waals surface area (Å²) in [6, 6.07) is 0.141. The number of aromatic nitrogens is 4. The lowest BCUT2D eigenvalue weighted by atomic mass is 9.94. The van der Waals surface area contributed by atoms with Crippen LogP contribution in [0, 0.1) is 5.92 Å². The number of tetrazole rings is 1. The molecule has 0 radical (unpaired) electrons. The molecule has 3 unspecified atom stereocenters. The molecule has 1 aliphatic rings. The summed E-state index contributed by atoms with van der Waals surface area (Å²) < 4.78 is 7.64. The average Bonchev–Trinajstić information content (AvgIpc) is 2.95. The van der Waals surface area contributed by atoms with Crippen LogP contribution >= 0.6 is 0 Å². The van der Waals surface area contributed by atoms with Crippen molar-refractivity contribution >= 4 is 0 Å². The molecule has 0 saturated carbocycles. The van der Waals surface area contributed by atoms with Gasteiger partial charge in [-0.1, -0.05) is 13.8 Å². The first-order valence-electron chi connectivity index (χ1n) is 7.09. The van der Waals surface area contributed by atoms with Crippen LogP contribution in [0.4, 0.5) is 0 Å². The quantitative estimate of drug-likeness (QED) is 0.876. The van der Waals surface area contributed by atoms with Gasteiger partial charge in [0.05, 0.1) is 17.7 Å². The van der Waals surface area contributed by atoms with Crippen molar-refractivity contribution in [2.75, 3.05) is 13.2 Å². The maximum absolute atomic E-state index is 5.69. The first-order valence-corrected chi connectivity index (χ1v) is 7.09. The minimum absolute atomic E-state index is 0.132. The van der Waals surface area contributed by atoms with E-state index in [1.165, 1.54) is 0 Å². The topological polar surface area (TPSA) is 64.9 Å². The van der Waals surface area contributed by atoms with Gasteiger partial charge >= 0.3 is 0 Å². The number of hydrogen-bond donors (Lipinski definition) is 1. The van der Waals surface area contributed by atoms with Crippen LogP contribution in [0.15, 0.2) is 0 Å². The normalized spacial score (nSPS) is 29.1. The van der Waals surface area contributed by atoms with Crippen LogP contribution in [0.1, 0.15) is 52.9 Å². The number of nitrogens with zero attached hydrogens (tertiary/aromatic N) is 4. The summed E-state index contributed by atoms with van der Waals surface area (Å²) >= 11 is 0. The van der Waals surface area contributed by atoms with Gasteiger partial charge in [-0.15, -0.1) is 5.10 Å². The molecule has 1 fully saturated rings. The molecular formula is C13H25N5O. The van der Waals surface area contributed by atoms with Crippen LogP contribution in [-0.2, 0) is 10.3 Å². The zero-order chi connectivity index (χ0) is 14.0. The highest BCUT2D eigenvalue weighted by atomic mass is 16.5. The lowest BCUT2D eigenvalue weighted by Gasteiger charge is -2.29. The summed E-state index contributed by atoms with van der Waals surface area (Å²) in [6.45, 7) is 12.5. The molecule has 1 aliphatic heterocycles. The van der Waals surface area contributed by atoms with Gasteiger partial charge < -0.3 is 10.1 Å². The Bertz CT molecular complexity index is 419. The van der Waals surface area contributed by atoms with E-state index in [9.17, 15) is 0 Å².